The van der Waals surface area contributed by atoms with E-state index in [4.69, 9.17) is 14.2 Å². The van der Waals surface area contributed by atoms with Crippen molar-refractivity contribution in [3.8, 4) is 11.5 Å². The average Bonchev–Trinajstić information content (AvgIpc) is 2.98. The second kappa shape index (κ2) is 10.1. The summed E-state index contributed by atoms with van der Waals surface area (Å²) in [6.07, 6.45) is 12.9. The Balaban J connectivity index is 1.01. The van der Waals surface area contributed by atoms with E-state index in [1.54, 1.807) is 6.92 Å². The molecule has 4 heteroatoms. The molecule has 8 aliphatic rings. The van der Waals surface area contributed by atoms with Crippen molar-refractivity contribution in [2.45, 2.75) is 102 Å². The number of hydrogen-bond acceptors (Lipinski definition) is 4. The number of esters is 1. The van der Waals surface area contributed by atoms with Gasteiger partial charge in [0.25, 0.3) is 0 Å². The van der Waals surface area contributed by atoms with Crippen LogP contribution >= 0.6 is 0 Å². The van der Waals surface area contributed by atoms with E-state index in [0.717, 1.165) is 46.3 Å². The van der Waals surface area contributed by atoms with Crippen LogP contribution in [0.2, 0.25) is 0 Å². The maximum Gasteiger partial charge on any atom is 0.334 e. The Bertz CT molecular complexity index is 1240. The number of carbonyl (C=O) groups excluding carboxylic acids is 1. The molecule has 8 fully saturated rings. The lowest BCUT2D eigenvalue weighted by molar-refractivity contribution is -0.145. The van der Waals surface area contributed by atoms with E-state index >= 15 is 0 Å². The fourth-order valence-electron chi connectivity index (χ4n) is 11.0. The summed E-state index contributed by atoms with van der Waals surface area (Å²) in [4.78, 5) is 12.8. The molecule has 2 aromatic carbocycles. The highest BCUT2D eigenvalue weighted by atomic mass is 16.5. The molecule has 8 aliphatic carbocycles. The van der Waals surface area contributed by atoms with Gasteiger partial charge in [0.15, 0.2) is 6.10 Å². The zero-order valence-electron chi connectivity index (χ0n) is 26.2. The molecule has 0 N–H and O–H groups in total. The van der Waals surface area contributed by atoms with Crippen LogP contribution in [-0.2, 0) is 9.53 Å². The molecule has 228 valence electrons. The molecule has 4 nitrogen and oxygen atoms in total. The monoisotopic (exact) mass is 580 g/mol. The van der Waals surface area contributed by atoms with Crippen molar-refractivity contribution in [2.75, 3.05) is 0 Å². The Labute approximate surface area is 257 Å². The number of rotatable bonds is 8. The molecule has 0 aliphatic heterocycles. The Kier molecular flexibility index (Phi) is 6.55. The van der Waals surface area contributed by atoms with E-state index in [1.165, 1.54) is 64.2 Å². The third-order valence-corrected chi connectivity index (χ3v) is 13.1. The van der Waals surface area contributed by atoms with Gasteiger partial charge in [-0.25, -0.2) is 4.79 Å². The normalized spacial score (nSPS) is 40.7. The molecule has 10 rings (SSSR count). The highest BCUT2D eigenvalue weighted by Crippen LogP contribution is 2.60. The second-order valence-electron chi connectivity index (χ2n) is 15.9. The summed E-state index contributed by atoms with van der Waals surface area (Å²) >= 11 is 0. The zero-order chi connectivity index (χ0) is 29.5. The fourth-order valence-corrected chi connectivity index (χ4v) is 11.0. The quantitative estimate of drug-likeness (QED) is 0.231. The van der Waals surface area contributed by atoms with Crippen LogP contribution in [0.25, 0.3) is 0 Å². The maximum absolute atomic E-state index is 12.8. The summed E-state index contributed by atoms with van der Waals surface area (Å²) < 4.78 is 19.7. The highest BCUT2D eigenvalue weighted by Gasteiger charge is 2.57. The van der Waals surface area contributed by atoms with Gasteiger partial charge in [0.1, 0.15) is 22.7 Å². The molecule has 0 amide bonds. The van der Waals surface area contributed by atoms with Crippen LogP contribution in [0.1, 0.15) is 102 Å². The predicted octanol–water partition coefficient (Wildman–Crippen LogP) is 9.08. The van der Waals surface area contributed by atoms with Gasteiger partial charge < -0.3 is 14.2 Å². The lowest BCUT2D eigenvalue weighted by Crippen LogP contribution is -2.59. The standard InChI is InChI=1S/C39H48O4/c1-23(2)37(40)41-36(28-5-9-34(10-6-28)42-38(3)30-15-24-13-25(17-30)18-31(38)16-24)29-7-11-35(12-8-29)43-39(4)32-19-26-14-27(21-32)22-33(39)20-26/h5-12,24-27,30-33,36H,1,13-22H2,2-4H3. The van der Waals surface area contributed by atoms with Crippen LogP contribution in [0.5, 0.6) is 11.5 Å². The molecule has 0 atom stereocenters. The summed E-state index contributed by atoms with van der Waals surface area (Å²) in [5.74, 6) is 7.75. The zero-order valence-corrected chi connectivity index (χ0v) is 26.2. The van der Waals surface area contributed by atoms with Gasteiger partial charge in [0.05, 0.1) is 0 Å². The maximum atomic E-state index is 12.8. The minimum absolute atomic E-state index is 0.0789. The molecular formula is C39H48O4. The molecule has 8 bridgehead atoms. The number of ether oxygens (including phenoxy) is 3. The summed E-state index contributed by atoms with van der Waals surface area (Å²) in [5.41, 5.74) is 2.10. The van der Waals surface area contributed by atoms with Gasteiger partial charge in [-0.15, -0.1) is 0 Å². The molecule has 0 saturated heterocycles. The molecule has 0 radical (unpaired) electrons. The largest absolute Gasteiger partial charge is 0.487 e. The van der Waals surface area contributed by atoms with Crippen LogP contribution in [-0.4, -0.2) is 17.2 Å². The molecule has 0 aromatic heterocycles. The van der Waals surface area contributed by atoms with Gasteiger partial charge in [-0.2, -0.15) is 0 Å². The van der Waals surface area contributed by atoms with Crippen molar-refractivity contribution < 1.29 is 19.0 Å². The van der Waals surface area contributed by atoms with Crippen molar-refractivity contribution in [3.05, 3.63) is 71.8 Å². The summed E-state index contributed by atoms with van der Waals surface area (Å²) in [6.45, 7) is 10.2. The first-order valence-corrected chi connectivity index (χ1v) is 17.1. The highest BCUT2D eigenvalue weighted by molar-refractivity contribution is 5.87. The fraction of sp³-hybridized carbons (Fsp3) is 0.615. The number of hydrogen-bond donors (Lipinski definition) is 0. The molecule has 0 spiro atoms. The van der Waals surface area contributed by atoms with Crippen LogP contribution in [0.3, 0.4) is 0 Å². The Morgan fingerprint density at radius 2 is 0.953 bits per heavy atom. The Morgan fingerprint density at radius 3 is 1.26 bits per heavy atom. The van der Waals surface area contributed by atoms with Crippen LogP contribution in [0, 0.1) is 47.3 Å². The first-order chi connectivity index (χ1) is 20.7. The summed E-state index contributed by atoms with van der Waals surface area (Å²) in [6, 6.07) is 16.5. The van der Waals surface area contributed by atoms with Crippen LogP contribution < -0.4 is 9.47 Å². The van der Waals surface area contributed by atoms with Crippen molar-refractivity contribution in [3.63, 3.8) is 0 Å². The van der Waals surface area contributed by atoms with Gasteiger partial charge in [0.2, 0.25) is 0 Å². The van der Waals surface area contributed by atoms with Crippen LogP contribution in [0.15, 0.2) is 60.7 Å². The van der Waals surface area contributed by atoms with Crippen LogP contribution in [0.4, 0.5) is 0 Å². The Morgan fingerprint density at radius 1 is 0.628 bits per heavy atom. The minimum atomic E-state index is -0.527. The van der Waals surface area contributed by atoms with Crippen molar-refractivity contribution in [1.29, 1.82) is 0 Å². The van der Waals surface area contributed by atoms with E-state index in [2.05, 4.69) is 69.0 Å². The molecule has 43 heavy (non-hydrogen) atoms. The average molecular weight is 581 g/mol. The first kappa shape index (κ1) is 27.8. The van der Waals surface area contributed by atoms with Gasteiger partial charge in [0, 0.05) is 5.57 Å². The van der Waals surface area contributed by atoms with E-state index in [9.17, 15) is 4.79 Å². The number of benzene rings is 2. The molecule has 0 heterocycles. The summed E-state index contributed by atoms with van der Waals surface area (Å²) in [5, 5.41) is 0. The predicted molar refractivity (Wildman–Crippen MR) is 168 cm³/mol. The van der Waals surface area contributed by atoms with Crippen molar-refractivity contribution in [2.24, 2.45) is 47.3 Å². The minimum Gasteiger partial charge on any atom is -0.487 e. The smallest absolute Gasteiger partial charge is 0.334 e. The SMILES string of the molecule is C=C(C)C(=O)OC(c1ccc(OC2(C)C3CC4CC(C3)CC2C4)cc1)c1ccc(OC2(C)C3CC4CC(C3)CC2C4)cc1. The van der Waals surface area contributed by atoms with Gasteiger partial charge in [-0.3, -0.25) is 0 Å². The number of carbonyl (C=O) groups is 1. The van der Waals surface area contributed by atoms with E-state index < -0.39 is 6.10 Å². The topological polar surface area (TPSA) is 44.8 Å². The molecular weight excluding hydrogens is 532 g/mol. The molecule has 8 saturated carbocycles. The third kappa shape index (κ3) is 4.73. The summed E-state index contributed by atoms with van der Waals surface area (Å²) in [7, 11) is 0. The molecule has 2 aromatic rings. The Hall–Kier alpha value is -2.75. The lowest BCUT2D eigenvalue weighted by atomic mass is 9.50. The third-order valence-electron chi connectivity index (χ3n) is 13.1. The lowest BCUT2D eigenvalue weighted by Gasteiger charge is -2.59. The van der Waals surface area contributed by atoms with Gasteiger partial charge >= 0.3 is 5.97 Å². The van der Waals surface area contributed by atoms with Gasteiger partial charge in [-0.05, 0) is 168 Å². The first-order valence-electron chi connectivity index (χ1n) is 17.1. The second-order valence-corrected chi connectivity index (χ2v) is 15.9. The van der Waals surface area contributed by atoms with E-state index in [1.807, 2.05) is 0 Å². The molecule has 0 unspecified atom stereocenters. The van der Waals surface area contributed by atoms with E-state index in [0.29, 0.717) is 29.2 Å². The van der Waals surface area contributed by atoms with Gasteiger partial charge in [-0.1, -0.05) is 30.8 Å². The van der Waals surface area contributed by atoms with Crippen molar-refractivity contribution in [1.82, 2.24) is 0 Å². The van der Waals surface area contributed by atoms with Crippen molar-refractivity contribution >= 4 is 5.97 Å². The van der Waals surface area contributed by atoms with E-state index in [-0.39, 0.29) is 17.2 Å².